The zero-order valence-corrected chi connectivity index (χ0v) is 12.2. The average Bonchev–Trinajstić information content (AvgIpc) is 2.68. The number of likely N-dealkylation sites (tertiary alicyclic amines) is 1. The Labute approximate surface area is 122 Å². The van der Waals surface area contributed by atoms with Gasteiger partial charge in [-0.2, -0.15) is 0 Å². The van der Waals surface area contributed by atoms with E-state index < -0.39 is 6.36 Å². The highest BCUT2D eigenvalue weighted by Crippen LogP contribution is 2.32. The van der Waals surface area contributed by atoms with E-state index in [-0.39, 0.29) is 11.8 Å². The fourth-order valence-electron chi connectivity index (χ4n) is 2.84. The van der Waals surface area contributed by atoms with Gasteiger partial charge in [0.2, 0.25) is 0 Å². The molecule has 1 aromatic carbocycles. The summed E-state index contributed by atoms with van der Waals surface area (Å²) >= 11 is 0. The van der Waals surface area contributed by atoms with E-state index in [1.807, 2.05) is 0 Å². The average molecular weight is 302 g/mol. The monoisotopic (exact) mass is 302 g/mol. The zero-order valence-electron chi connectivity index (χ0n) is 12.2. The molecule has 0 aliphatic carbocycles. The Bertz CT molecular complexity index is 468. The van der Waals surface area contributed by atoms with Gasteiger partial charge in [0.15, 0.2) is 0 Å². The minimum atomic E-state index is -4.67. The molecule has 1 saturated heterocycles. The van der Waals surface area contributed by atoms with Gasteiger partial charge in [-0.3, -0.25) is 4.90 Å². The van der Waals surface area contributed by atoms with E-state index in [2.05, 4.69) is 23.5 Å². The Balaban J connectivity index is 2.17. The summed E-state index contributed by atoms with van der Waals surface area (Å²) in [5.41, 5.74) is 6.61. The lowest BCUT2D eigenvalue weighted by atomic mass is 10.0. The molecule has 1 aliphatic rings. The van der Waals surface area contributed by atoms with Gasteiger partial charge in [-0.25, -0.2) is 0 Å². The first-order chi connectivity index (χ1) is 9.80. The van der Waals surface area contributed by atoms with E-state index in [4.69, 9.17) is 5.73 Å². The van der Waals surface area contributed by atoms with Crippen LogP contribution in [0.5, 0.6) is 5.75 Å². The van der Waals surface area contributed by atoms with Crippen LogP contribution in [-0.4, -0.2) is 30.9 Å². The summed E-state index contributed by atoms with van der Waals surface area (Å²) in [5.74, 6) is 0.932. The Morgan fingerprint density at radius 2 is 1.90 bits per heavy atom. The summed E-state index contributed by atoms with van der Waals surface area (Å²) in [6, 6.07) is 6.03. The van der Waals surface area contributed by atoms with Crippen LogP contribution in [0.4, 0.5) is 13.2 Å². The van der Waals surface area contributed by atoms with E-state index in [9.17, 15) is 13.2 Å². The number of hydrogen-bond donors (Lipinski definition) is 1. The van der Waals surface area contributed by atoms with Crippen molar-refractivity contribution in [3.8, 4) is 5.75 Å². The van der Waals surface area contributed by atoms with Crippen LogP contribution >= 0.6 is 0 Å². The van der Waals surface area contributed by atoms with Crippen LogP contribution in [0.25, 0.3) is 0 Å². The molecule has 3 nitrogen and oxygen atoms in total. The Hall–Kier alpha value is -1.27. The van der Waals surface area contributed by atoms with Crippen LogP contribution in [0.2, 0.25) is 0 Å². The standard InChI is InChI=1S/C15H21F3N2O/c1-10-8-20(9-11(10)2)14(7-19)12-4-3-5-13(6-12)21-15(16,17)18/h3-6,10-11,14H,7-9,19H2,1-2H3. The SMILES string of the molecule is CC1CN(C(CN)c2cccc(OC(F)(F)F)c2)CC1C. The van der Waals surface area contributed by atoms with E-state index >= 15 is 0 Å². The van der Waals surface area contributed by atoms with Gasteiger partial charge >= 0.3 is 6.36 Å². The predicted molar refractivity (Wildman–Crippen MR) is 74.8 cm³/mol. The van der Waals surface area contributed by atoms with Crippen molar-refractivity contribution in [2.75, 3.05) is 19.6 Å². The van der Waals surface area contributed by atoms with Gasteiger partial charge in [0, 0.05) is 25.7 Å². The molecule has 0 bridgehead atoms. The van der Waals surface area contributed by atoms with Gasteiger partial charge in [0.05, 0.1) is 0 Å². The number of halogens is 3. The first-order valence-electron chi connectivity index (χ1n) is 7.10. The largest absolute Gasteiger partial charge is 0.573 e. The number of nitrogens with zero attached hydrogens (tertiary/aromatic N) is 1. The van der Waals surface area contributed by atoms with Gasteiger partial charge in [-0.05, 0) is 29.5 Å². The van der Waals surface area contributed by atoms with Crippen LogP contribution in [0.15, 0.2) is 24.3 Å². The van der Waals surface area contributed by atoms with Crippen molar-refractivity contribution in [1.29, 1.82) is 0 Å². The van der Waals surface area contributed by atoms with Crippen molar-refractivity contribution in [1.82, 2.24) is 4.90 Å². The second-order valence-corrected chi connectivity index (χ2v) is 5.78. The zero-order chi connectivity index (χ0) is 15.6. The molecule has 1 heterocycles. The number of hydrogen-bond acceptors (Lipinski definition) is 3. The van der Waals surface area contributed by atoms with Crippen LogP contribution in [0.1, 0.15) is 25.5 Å². The number of benzene rings is 1. The van der Waals surface area contributed by atoms with Crippen LogP contribution in [-0.2, 0) is 0 Å². The van der Waals surface area contributed by atoms with Crippen molar-refractivity contribution in [2.24, 2.45) is 17.6 Å². The summed E-state index contributed by atoms with van der Waals surface area (Å²) in [6.07, 6.45) is -4.67. The van der Waals surface area contributed by atoms with Crippen molar-refractivity contribution in [2.45, 2.75) is 26.3 Å². The smallest absolute Gasteiger partial charge is 0.406 e. The summed E-state index contributed by atoms with van der Waals surface area (Å²) in [6.45, 7) is 6.55. The summed E-state index contributed by atoms with van der Waals surface area (Å²) in [5, 5.41) is 0. The Morgan fingerprint density at radius 1 is 1.29 bits per heavy atom. The third kappa shape index (κ3) is 4.11. The van der Waals surface area contributed by atoms with Gasteiger partial charge in [0.1, 0.15) is 5.75 Å². The molecular formula is C15H21F3N2O. The lowest BCUT2D eigenvalue weighted by molar-refractivity contribution is -0.274. The molecule has 0 amide bonds. The minimum absolute atomic E-state index is 0.0748. The fourth-order valence-corrected chi connectivity index (χ4v) is 2.84. The summed E-state index contributed by atoms with van der Waals surface area (Å²) in [7, 11) is 0. The van der Waals surface area contributed by atoms with Crippen molar-refractivity contribution >= 4 is 0 Å². The first kappa shape index (κ1) is 16.1. The lowest BCUT2D eigenvalue weighted by Gasteiger charge is -2.27. The molecular weight excluding hydrogens is 281 g/mol. The molecule has 0 spiro atoms. The first-order valence-corrected chi connectivity index (χ1v) is 7.10. The van der Waals surface area contributed by atoms with Crippen molar-refractivity contribution in [3.05, 3.63) is 29.8 Å². The lowest BCUT2D eigenvalue weighted by Crippen LogP contribution is -2.32. The topological polar surface area (TPSA) is 38.5 Å². The number of nitrogens with two attached hydrogens (primary N) is 1. The summed E-state index contributed by atoms with van der Waals surface area (Å²) in [4.78, 5) is 2.24. The van der Waals surface area contributed by atoms with Gasteiger partial charge in [-0.1, -0.05) is 26.0 Å². The van der Waals surface area contributed by atoms with E-state index in [1.54, 1.807) is 12.1 Å². The third-order valence-electron chi connectivity index (χ3n) is 4.16. The third-order valence-corrected chi connectivity index (χ3v) is 4.16. The fraction of sp³-hybridized carbons (Fsp3) is 0.600. The normalized spacial score (nSPS) is 25.0. The Morgan fingerprint density at radius 3 is 2.43 bits per heavy atom. The van der Waals surface area contributed by atoms with Gasteiger partial charge < -0.3 is 10.5 Å². The molecule has 1 fully saturated rings. The maximum atomic E-state index is 12.3. The number of rotatable bonds is 4. The molecule has 0 saturated carbocycles. The molecule has 2 N–H and O–H groups in total. The molecule has 118 valence electrons. The van der Waals surface area contributed by atoms with E-state index in [0.717, 1.165) is 18.7 Å². The van der Waals surface area contributed by atoms with Crippen LogP contribution < -0.4 is 10.5 Å². The molecule has 1 aliphatic heterocycles. The molecule has 6 heteroatoms. The molecule has 0 aromatic heterocycles. The molecule has 0 radical (unpaired) electrons. The van der Waals surface area contributed by atoms with Crippen molar-refractivity contribution < 1.29 is 17.9 Å². The second-order valence-electron chi connectivity index (χ2n) is 5.78. The van der Waals surface area contributed by atoms with Crippen LogP contribution in [0.3, 0.4) is 0 Å². The molecule has 2 rings (SSSR count). The van der Waals surface area contributed by atoms with E-state index in [0.29, 0.717) is 18.4 Å². The molecule has 1 aromatic rings. The van der Waals surface area contributed by atoms with Crippen molar-refractivity contribution in [3.63, 3.8) is 0 Å². The minimum Gasteiger partial charge on any atom is -0.406 e. The molecule has 3 unspecified atom stereocenters. The number of ether oxygens (including phenoxy) is 1. The maximum Gasteiger partial charge on any atom is 0.573 e. The molecule has 21 heavy (non-hydrogen) atoms. The quantitative estimate of drug-likeness (QED) is 0.928. The highest BCUT2D eigenvalue weighted by Gasteiger charge is 2.33. The second kappa shape index (κ2) is 6.23. The predicted octanol–water partition coefficient (Wildman–Crippen LogP) is 3.17. The maximum absolute atomic E-state index is 12.3. The summed E-state index contributed by atoms with van der Waals surface area (Å²) < 4.78 is 40.9. The highest BCUT2D eigenvalue weighted by atomic mass is 19.4. The van der Waals surface area contributed by atoms with Gasteiger partial charge in [-0.15, -0.1) is 13.2 Å². The number of alkyl halides is 3. The Kier molecular flexibility index (Phi) is 4.78. The molecule has 3 atom stereocenters. The highest BCUT2D eigenvalue weighted by molar-refractivity contribution is 5.31. The van der Waals surface area contributed by atoms with Crippen LogP contribution in [0, 0.1) is 11.8 Å². The van der Waals surface area contributed by atoms with Gasteiger partial charge in [0.25, 0.3) is 0 Å². The van der Waals surface area contributed by atoms with E-state index in [1.165, 1.54) is 12.1 Å².